The minimum Gasteiger partial charge on any atom is -0.496 e. The summed E-state index contributed by atoms with van der Waals surface area (Å²) in [5, 5.41) is 25.6. The molecule has 0 spiro atoms. The van der Waals surface area contributed by atoms with E-state index in [1.165, 1.54) is 43.8 Å². The summed E-state index contributed by atoms with van der Waals surface area (Å²) in [6, 6.07) is 2.38. The van der Waals surface area contributed by atoms with Crippen molar-refractivity contribution in [3.8, 4) is 17.0 Å². The van der Waals surface area contributed by atoms with Crippen LogP contribution in [-0.2, 0) is 6.54 Å². The normalized spacial score (nSPS) is 13.3. The second kappa shape index (κ2) is 8.11. The fraction of sp³-hybridized carbons (Fsp3) is 0.444. The van der Waals surface area contributed by atoms with Gasteiger partial charge in [0.15, 0.2) is 5.69 Å². The number of carboxylic acid groups (broad SMARTS) is 1. The lowest BCUT2D eigenvalue weighted by atomic mass is 10.1. The number of methoxy groups -OCH3 is 1. The molecule has 0 aliphatic rings. The third-order valence-corrected chi connectivity index (χ3v) is 4.32. The molecule has 7 nitrogen and oxygen atoms in total. The summed E-state index contributed by atoms with van der Waals surface area (Å²) >= 11 is 6.24. The van der Waals surface area contributed by atoms with E-state index >= 15 is 0 Å². The summed E-state index contributed by atoms with van der Waals surface area (Å²) < 4.78 is 44.9. The van der Waals surface area contributed by atoms with Crippen molar-refractivity contribution in [3.05, 3.63) is 28.9 Å². The largest absolute Gasteiger partial charge is 0.496 e. The zero-order chi connectivity index (χ0) is 22.1. The van der Waals surface area contributed by atoms with E-state index in [1.807, 2.05) is 0 Å². The first kappa shape index (κ1) is 22.8. The van der Waals surface area contributed by atoms with E-state index in [2.05, 4.69) is 10.4 Å². The number of anilines is 1. The molecule has 1 heterocycles. The van der Waals surface area contributed by atoms with Gasteiger partial charge in [0.2, 0.25) is 0 Å². The molecule has 0 radical (unpaired) electrons. The molecule has 0 saturated heterocycles. The van der Waals surface area contributed by atoms with Gasteiger partial charge in [-0.3, -0.25) is 4.68 Å². The minimum atomic E-state index is -4.43. The molecule has 1 atom stereocenters. The van der Waals surface area contributed by atoms with Crippen LogP contribution in [0.2, 0.25) is 5.02 Å². The molecule has 11 heteroatoms. The van der Waals surface area contributed by atoms with Crippen molar-refractivity contribution in [1.29, 1.82) is 0 Å². The van der Waals surface area contributed by atoms with Crippen LogP contribution < -0.4 is 10.1 Å². The molecule has 29 heavy (non-hydrogen) atoms. The molecule has 0 fully saturated rings. The number of aliphatic hydroxyl groups is 1. The van der Waals surface area contributed by atoms with Crippen LogP contribution in [0.15, 0.2) is 18.2 Å². The fourth-order valence-electron chi connectivity index (χ4n) is 2.62. The lowest BCUT2D eigenvalue weighted by Crippen LogP contribution is -2.33. The Morgan fingerprint density at radius 3 is 2.48 bits per heavy atom. The van der Waals surface area contributed by atoms with Crippen LogP contribution in [0.25, 0.3) is 11.3 Å². The number of halogens is 4. The Balaban J connectivity index is 2.57. The van der Waals surface area contributed by atoms with Gasteiger partial charge in [-0.05, 0) is 32.9 Å². The number of ether oxygens (including phenoxy) is 1. The van der Waals surface area contributed by atoms with Crippen molar-refractivity contribution >= 4 is 23.3 Å². The number of carbonyl (C=O) groups is 1. The first-order valence-electron chi connectivity index (χ1n) is 8.48. The highest BCUT2D eigenvalue weighted by Crippen LogP contribution is 2.39. The molecule has 0 aliphatic heterocycles. The zero-order valence-corrected chi connectivity index (χ0v) is 16.9. The second-order valence-corrected chi connectivity index (χ2v) is 7.49. The smallest absolute Gasteiger partial charge is 0.408 e. The van der Waals surface area contributed by atoms with E-state index < -0.39 is 29.5 Å². The van der Waals surface area contributed by atoms with Gasteiger partial charge < -0.3 is 20.3 Å². The van der Waals surface area contributed by atoms with Crippen LogP contribution >= 0.6 is 11.6 Å². The molecular weight excluding hydrogens is 415 g/mol. The van der Waals surface area contributed by atoms with Crippen molar-refractivity contribution in [3.63, 3.8) is 0 Å². The van der Waals surface area contributed by atoms with E-state index in [0.717, 1.165) is 6.92 Å². The lowest BCUT2D eigenvalue weighted by Gasteiger charge is -2.21. The van der Waals surface area contributed by atoms with Crippen molar-refractivity contribution in [2.75, 3.05) is 12.4 Å². The number of carboxylic acids is 1. The monoisotopic (exact) mass is 435 g/mol. The van der Waals surface area contributed by atoms with Crippen molar-refractivity contribution in [2.24, 2.45) is 0 Å². The van der Waals surface area contributed by atoms with E-state index in [-0.39, 0.29) is 28.7 Å². The minimum absolute atomic E-state index is 0.0798. The van der Waals surface area contributed by atoms with E-state index in [1.54, 1.807) is 0 Å². The number of aromatic carboxylic acids is 1. The summed E-state index contributed by atoms with van der Waals surface area (Å²) in [6.07, 6.45) is -4.43. The van der Waals surface area contributed by atoms with Gasteiger partial charge in [0.1, 0.15) is 16.8 Å². The summed E-state index contributed by atoms with van der Waals surface area (Å²) in [5.74, 6) is -1.21. The van der Waals surface area contributed by atoms with Gasteiger partial charge >= 0.3 is 12.1 Å². The molecular formula is C18H21ClF3N3O4. The number of benzene rings is 1. The molecule has 0 amide bonds. The van der Waals surface area contributed by atoms with Crippen LogP contribution in [-0.4, -0.2) is 50.9 Å². The third kappa shape index (κ3) is 5.33. The molecule has 0 aliphatic carbocycles. The Labute approximate surface area is 170 Å². The molecule has 0 saturated carbocycles. The SMILES string of the molecule is COc1cc(NC(C)C(F)(F)F)ccc1-c1c(Cl)c(C(=O)O)nn1CC(C)(C)O. The Morgan fingerprint density at radius 2 is 2.00 bits per heavy atom. The Morgan fingerprint density at radius 1 is 1.38 bits per heavy atom. The van der Waals surface area contributed by atoms with Crippen molar-refractivity contribution in [1.82, 2.24) is 9.78 Å². The van der Waals surface area contributed by atoms with Gasteiger partial charge in [0.25, 0.3) is 0 Å². The number of hydrogen-bond donors (Lipinski definition) is 3. The molecule has 160 valence electrons. The molecule has 1 aromatic carbocycles. The van der Waals surface area contributed by atoms with Crippen molar-refractivity contribution in [2.45, 2.75) is 45.1 Å². The average molecular weight is 436 g/mol. The maximum Gasteiger partial charge on any atom is 0.408 e. The topological polar surface area (TPSA) is 96.6 Å². The van der Waals surface area contributed by atoms with Gasteiger partial charge in [-0.1, -0.05) is 11.6 Å². The molecule has 2 aromatic rings. The first-order chi connectivity index (χ1) is 13.2. The zero-order valence-electron chi connectivity index (χ0n) is 16.1. The Bertz CT molecular complexity index is 907. The van der Waals surface area contributed by atoms with Crippen LogP contribution in [0, 0.1) is 0 Å². The number of alkyl halides is 3. The number of nitrogens with one attached hydrogen (secondary N) is 1. The fourth-order valence-corrected chi connectivity index (χ4v) is 2.94. The van der Waals surface area contributed by atoms with Crippen LogP contribution in [0.4, 0.5) is 18.9 Å². The molecule has 2 rings (SSSR count). The highest BCUT2D eigenvalue weighted by molar-refractivity contribution is 6.35. The van der Waals surface area contributed by atoms with Crippen LogP contribution in [0.1, 0.15) is 31.3 Å². The second-order valence-electron chi connectivity index (χ2n) is 7.11. The summed E-state index contributed by atoms with van der Waals surface area (Å²) in [7, 11) is 1.32. The highest BCUT2D eigenvalue weighted by atomic mass is 35.5. The lowest BCUT2D eigenvalue weighted by molar-refractivity contribution is -0.138. The summed E-state index contributed by atoms with van der Waals surface area (Å²) in [5.41, 5.74) is -1.03. The van der Waals surface area contributed by atoms with E-state index in [9.17, 15) is 28.2 Å². The average Bonchev–Trinajstić information content (AvgIpc) is 2.88. The predicted molar refractivity (Wildman–Crippen MR) is 102 cm³/mol. The summed E-state index contributed by atoms with van der Waals surface area (Å²) in [4.78, 5) is 11.4. The number of aromatic nitrogens is 2. The van der Waals surface area contributed by atoms with Crippen LogP contribution in [0.3, 0.4) is 0 Å². The molecule has 1 unspecified atom stereocenters. The Hall–Kier alpha value is -2.46. The number of rotatable bonds is 7. The van der Waals surface area contributed by atoms with Crippen molar-refractivity contribution < 1.29 is 32.9 Å². The van der Waals surface area contributed by atoms with E-state index in [0.29, 0.717) is 5.56 Å². The van der Waals surface area contributed by atoms with Gasteiger partial charge in [0, 0.05) is 17.3 Å². The maximum atomic E-state index is 12.8. The van der Waals surface area contributed by atoms with E-state index in [4.69, 9.17) is 16.3 Å². The first-order valence-corrected chi connectivity index (χ1v) is 8.86. The summed E-state index contributed by atoms with van der Waals surface area (Å²) in [6.45, 7) is 3.92. The predicted octanol–water partition coefficient (Wildman–Crippen LogP) is 4.04. The van der Waals surface area contributed by atoms with Crippen LogP contribution in [0.5, 0.6) is 5.75 Å². The Kier molecular flexibility index (Phi) is 6.39. The van der Waals surface area contributed by atoms with Gasteiger partial charge in [-0.15, -0.1) is 0 Å². The van der Waals surface area contributed by atoms with Gasteiger partial charge in [-0.25, -0.2) is 4.79 Å². The molecule has 0 bridgehead atoms. The number of nitrogens with zero attached hydrogens (tertiary/aromatic N) is 2. The highest BCUT2D eigenvalue weighted by Gasteiger charge is 2.36. The quantitative estimate of drug-likeness (QED) is 0.607. The molecule has 1 aromatic heterocycles. The van der Waals surface area contributed by atoms with Gasteiger partial charge in [0.05, 0.1) is 24.9 Å². The standard InChI is InChI=1S/C18H21ClF3N3O4/c1-9(18(20,21)22)23-10-5-6-11(12(7-10)29-4)15-13(19)14(16(26)27)24-25(15)8-17(2,3)28/h5-7,9,23,28H,8H2,1-4H3,(H,26,27). The third-order valence-electron chi connectivity index (χ3n) is 3.96. The number of hydrogen-bond acceptors (Lipinski definition) is 5. The molecule has 3 N–H and O–H groups in total. The maximum absolute atomic E-state index is 12.8. The van der Waals surface area contributed by atoms with Gasteiger partial charge in [-0.2, -0.15) is 18.3 Å².